The smallest absolute Gasteiger partial charge is 0.292 e. The minimum absolute atomic E-state index is 0.145. The van der Waals surface area contributed by atoms with Crippen molar-refractivity contribution in [3.63, 3.8) is 0 Å². The molecule has 0 unspecified atom stereocenters. The van der Waals surface area contributed by atoms with Crippen LogP contribution in [-0.4, -0.2) is 35.5 Å². The van der Waals surface area contributed by atoms with E-state index in [0.29, 0.717) is 11.7 Å². The number of nitrogens with zero attached hydrogens (tertiary/aromatic N) is 2. The quantitative estimate of drug-likeness (QED) is 0.643. The van der Waals surface area contributed by atoms with Gasteiger partial charge in [-0.05, 0) is 39.4 Å². The predicted octanol–water partition coefficient (Wildman–Crippen LogP) is 2.49. The fraction of sp³-hybridized carbons (Fsp3) is 0.538. The molecule has 5 nitrogen and oxygen atoms in total. The Kier molecular flexibility index (Phi) is 3.81. The van der Waals surface area contributed by atoms with Gasteiger partial charge >= 0.3 is 0 Å². The summed E-state index contributed by atoms with van der Waals surface area (Å²) >= 11 is 0. The molecule has 2 rings (SSSR count). The zero-order valence-electron chi connectivity index (χ0n) is 10.8. The van der Waals surface area contributed by atoms with Crippen molar-refractivity contribution in [2.45, 2.75) is 31.8 Å². The van der Waals surface area contributed by atoms with E-state index < -0.39 is 0 Å². The van der Waals surface area contributed by atoms with Gasteiger partial charge in [-0.2, -0.15) is 0 Å². The molecule has 0 spiro atoms. The maximum absolute atomic E-state index is 10.9. The molecule has 18 heavy (non-hydrogen) atoms. The fourth-order valence-corrected chi connectivity index (χ4v) is 2.36. The van der Waals surface area contributed by atoms with Crippen LogP contribution < -0.4 is 5.32 Å². The monoisotopic (exact) mass is 249 g/mol. The molecule has 1 N–H and O–H groups in total. The SMILES string of the molecule is C[C@@H](C[C@@H]1CCN1C)Nc1ccccc1[N+](=O)[O-]. The molecule has 0 saturated carbocycles. The van der Waals surface area contributed by atoms with Crippen molar-refractivity contribution in [2.24, 2.45) is 0 Å². The van der Waals surface area contributed by atoms with E-state index in [2.05, 4.69) is 24.2 Å². The highest BCUT2D eigenvalue weighted by Crippen LogP contribution is 2.26. The Morgan fingerprint density at radius 2 is 2.28 bits per heavy atom. The predicted molar refractivity (Wildman–Crippen MR) is 71.8 cm³/mol. The van der Waals surface area contributed by atoms with Gasteiger partial charge in [0, 0.05) is 18.2 Å². The molecule has 0 radical (unpaired) electrons. The van der Waals surface area contributed by atoms with Crippen LogP contribution in [-0.2, 0) is 0 Å². The topological polar surface area (TPSA) is 58.4 Å². The summed E-state index contributed by atoms with van der Waals surface area (Å²) in [6, 6.07) is 7.64. The van der Waals surface area contributed by atoms with E-state index in [4.69, 9.17) is 0 Å². The minimum Gasteiger partial charge on any atom is -0.377 e. The highest BCUT2D eigenvalue weighted by Gasteiger charge is 2.26. The lowest BCUT2D eigenvalue weighted by Crippen LogP contribution is -2.46. The molecule has 2 atom stereocenters. The molecular formula is C13H19N3O2. The van der Waals surface area contributed by atoms with Crippen molar-refractivity contribution in [3.8, 4) is 0 Å². The third-order valence-corrected chi connectivity index (χ3v) is 3.57. The summed E-state index contributed by atoms with van der Waals surface area (Å²) in [5, 5.41) is 14.1. The summed E-state index contributed by atoms with van der Waals surface area (Å²) < 4.78 is 0. The highest BCUT2D eigenvalue weighted by atomic mass is 16.6. The molecule has 98 valence electrons. The molecule has 1 aromatic carbocycles. The van der Waals surface area contributed by atoms with E-state index in [-0.39, 0.29) is 16.7 Å². The first-order chi connectivity index (χ1) is 8.58. The van der Waals surface area contributed by atoms with E-state index >= 15 is 0 Å². The Morgan fingerprint density at radius 3 is 2.83 bits per heavy atom. The molecule has 1 saturated heterocycles. The second-order valence-electron chi connectivity index (χ2n) is 4.98. The highest BCUT2D eigenvalue weighted by molar-refractivity contribution is 5.61. The van der Waals surface area contributed by atoms with Gasteiger partial charge < -0.3 is 10.2 Å². The minimum atomic E-state index is -0.343. The lowest BCUT2D eigenvalue weighted by molar-refractivity contribution is -0.384. The number of anilines is 1. The number of nitrogens with one attached hydrogen (secondary N) is 1. The average molecular weight is 249 g/mol. The van der Waals surface area contributed by atoms with Crippen molar-refractivity contribution in [3.05, 3.63) is 34.4 Å². The summed E-state index contributed by atoms with van der Waals surface area (Å²) in [5.74, 6) is 0. The molecular weight excluding hydrogens is 230 g/mol. The van der Waals surface area contributed by atoms with Gasteiger partial charge in [0.05, 0.1) is 4.92 Å². The van der Waals surface area contributed by atoms with Crippen LogP contribution in [0.3, 0.4) is 0 Å². The summed E-state index contributed by atoms with van der Waals surface area (Å²) in [6.45, 7) is 3.23. The molecule has 1 heterocycles. The van der Waals surface area contributed by atoms with E-state index in [1.54, 1.807) is 12.1 Å². The molecule has 1 fully saturated rings. The van der Waals surface area contributed by atoms with Crippen LogP contribution in [0.15, 0.2) is 24.3 Å². The number of nitro groups is 1. The van der Waals surface area contributed by atoms with E-state index in [1.165, 1.54) is 12.5 Å². The van der Waals surface area contributed by atoms with Gasteiger partial charge in [-0.3, -0.25) is 10.1 Å². The number of para-hydroxylation sites is 2. The third-order valence-electron chi connectivity index (χ3n) is 3.57. The molecule has 1 aliphatic heterocycles. The van der Waals surface area contributed by atoms with Crippen molar-refractivity contribution in [2.75, 3.05) is 18.9 Å². The van der Waals surface area contributed by atoms with Gasteiger partial charge in [-0.1, -0.05) is 12.1 Å². The molecule has 0 amide bonds. The number of nitro benzene ring substituents is 1. The van der Waals surface area contributed by atoms with Crippen LogP contribution in [0.4, 0.5) is 11.4 Å². The van der Waals surface area contributed by atoms with Gasteiger partial charge in [-0.15, -0.1) is 0 Å². The zero-order valence-corrected chi connectivity index (χ0v) is 10.8. The molecule has 1 aromatic rings. The second kappa shape index (κ2) is 5.35. The Hall–Kier alpha value is -1.62. The van der Waals surface area contributed by atoms with Crippen molar-refractivity contribution >= 4 is 11.4 Å². The van der Waals surface area contributed by atoms with Crippen molar-refractivity contribution in [1.82, 2.24) is 4.90 Å². The van der Waals surface area contributed by atoms with Crippen LogP contribution in [0.2, 0.25) is 0 Å². The summed E-state index contributed by atoms with van der Waals surface area (Å²) in [4.78, 5) is 12.9. The number of hydrogen-bond donors (Lipinski definition) is 1. The summed E-state index contributed by atoms with van der Waals surface area (Å²) in [6.07, 6.45) is 2.24. The Bertz CT molecular complexity index is 436. The number of likely N-dealkylation sites (tertiary alicyclic amines) is 1. The first-order valence-corrected chi connectivity index (χ1v) is 6.28. The Balaban J connectivity index is 1.98. The molecule has 0 bridgehead atoms. The van der Waals surface area contributed by atoms with E-state index in [0.717, 1.165) is 13.0 Å². The van der Waals surface area contributed by atoms with Crippen LogP contribution in [0.1, 0.15) is 19.8 Å². The largest absolute Gasteiger partial charge is 0.377 e. The second-order valence-corrected chi connectivity index (χ2v) is 4.98. The van der Waals surface area contributed by atoms with Crippen LogP contribution in [0, 0.1) is 10.1 Å². The molecule has 5 heteroatoms. The van der Waals surface area contributed by atoms with Crippen molar-refractivity contribution < 1.29 is 4.92 Å². The van der Waals surface area contributed by atoms with Gasteiger partial charge in [0.2, 0.25) is 0 Å². The van der Waals surface area contributed by atoms with Crippen LogP contribution in [0.5, 0.6) is 0 Å². The summed E-state index contributed by atoms with van der Waals surface area (Å²) in [7, 11) is 2.12. The number of rotatable bonds is 5. The first kappa shape index (κ1) is 12.8. The number of benzene rings is 1. The molecule has 0 aliphatic carbocycles. The average Bonchev–Trinajstić information content (AvgIpc) is 2.34. The van der Waals surface area contributed by atoms with Gasteiger partial charge in [0.1, 0.15) is 5.69 Å². The maximum atomic E-state index is 10.9. The third kappa shape index (κ3) is 2.79. The van der Waals surface area contributed by atoms with Crippen LogP contribution in [0.25, 0.3) is 0 Å². The van der Waals surface area contributed by atoms with E-state index in [9.17, 15) is 10.1 Å². The lowest BCUT2D eigenvalue weighted by Gasteiger charge is -2.39. The first-order valence-electron chi connectivity index (χ1n) is 6.28. The lowest BCUT2D eigenvalue weighted by atomic mass is 9.97. The zero-order chi connectivity index (χ0) is 13.1. The Morgan fingerprint density at radius 1 is 1.56 bits per heavy atom. The summed E-state index contributed by atoms with van der Waals surface area (Å²) in [5.41, 5.74) is 0.753. The van der Waals surface area contributed by atoms with Gasteiger partial charge in [-0.25, -0.2) is 0 Å². The van der Waals surface area contributed by atoms with Gasteiger partial charge in [0.25, 0.3) is 5.69 Å². The normalized spacial score (nSPS) is 21.1. The molecule has 1 aliphatic rings. The molecule has 0 aromatic heterocycles. The fourth-order valence-electron chi connectivity index (χ4n) is 2.36. The standard InChI is InChI=1S/C13H19N3O2/c1-10(9-11-7-8-15(11)2)14-12-5-3-4-6-13(12)16(17)18/h3-6,10-11,14H,7-9H2,1-2H3/t10-,11-/m0/s1. The number of hydrogen-bond acceptors (Lipinski definition) is 4. The van der Waals surface area contributed by atoms with E-state index in [1.807, 2.05) is 6.07 Å². The van der Waals surface area contributed by atoms with Crippen LogP contribution >= 0.6 is 0 Å². The Labute approximate surface area is 107 Å². The van der Waals surface area contributed by atoms with Gasteiger partial charge in [0.15, 0.2) is 0 Å². The van der Waals surface area contributed by atoms with Crippen molar-refractivity contribution in [1.29, 1.82) is 0 Å². The maximum Gasteiger partial charge on any atom is 0.292 e.